The topological polar surface area (TPSA) is 43.4 Å². The summed E-state index contributed by atoms with van der Waals surface area (Å²) in [6.45, 7) is 0.159. The normalized spacial score (nSPS) is 20.4. The molecule has 1 fully saturated rings. The Morgan fingerprint density at radius 3 is 2.38 bits per heavy atom. The van der Waals surface area contributed by atoms with Gasteiger partial charge in [0.25, 0.3) is 10.1 Å². The molecule has 0 heterocycles. The Kier molecular flexibility index (Phi) is 4.12. The first-order valence-corrected chi connectivity index (χ1v) is 6.15. The molecular weight excluding hydrogens is 195 g/mol. The molecule has 5 heteroatoms. The third kappa shape index (κ3) is 4.04. The van der Waals surface area contributed by atoms with E-state index in [-0.39, 0.29) is 6.61 Å². The van der Waals surface area contributed by atoms with E-state index >= 15 is 0 Å². The molecule has 0 bridgehead atoms. The molecule has 0 radical (unpaired) electrons. The summed E-state index contributed by atoms with van der Waals surface area (Å²) in [5.41, 5.74) is 0. The van der Waals surface area contributed by atoms with Gasteiger partial charge in [-0.15, -0.1) is 0 Å². The molecule has 0 aromatic rings. The van der Waals surface area contributed by atoms with Crippen LogP contribution in [-0.2, 0) is 14.3 Å². The van der Waals surface area contributed by atoms with Gasteiger partial charge in [0.1, 0.15) is 0 Å². The van der Waals surface area contributed by atoms with Crippen LogP contribution in [0.4, 0.5) is 4.39 Å². The van der Waals surface area contributed by atoms with E-state index in [1.165, 1.54) is 6.42 Å². The fourth-order valence-corrected chi connectivity index (χ4v) is 2.05. The first-order chi connectivity index (χ1) is 6.14. The predicted molar refractivity (Wildman–Crippen MR) is 47.4 cm³/mol. The Balaban J connectivity index is 2.25. The minimum atomic E-state index is -3.89. The van der Waals surface area contributed by atoms with E-state index in [0.29, 0.717) is 5.92 Å². The van der Waals surface area contributed by atoms with E-state index in [9.17, 15) is 12.8 Å². The molecule has 0 amide bonds. The van der Waals surface area contributed by atoms with Crippen molar-refractivity contribution in [3.05, 3.63) is 0 Å². The maximum Gasteiger partial charge on any atom is 0.297 e. The smallest absolute Gasteiger partial charge is 0.268 e. The van der Waals surface area contributed by atoms with Gasteiger partial charge >= 0.3 is 0 Å². The summed E-state index contributed by atoms with van der Waals surface area (Å²) in [5.74, 6) is 0.301. The molecule has 13 heavy (non-hydrogen) atoms. The lowest BCUT2D eigenvalue weighted by Crippen LogP contribution is -2.17. The molecular formula is C8H15FO3S. The molecule has 1 aliphatic rings. The van der Waals surface area contributed by atoms with Crippen molar-refractivity contribution < 1.29 is 17.0 Å². The Morgan fingerprint density at radius 1 is 1.23 bits per heavy atom. The average Bonchev–Trinajstić information content (AvgIpc) is 2.17. The fourth-order valence-electron chi connectivity index (χ4n) is 1.59. The van der Waals surface area contributed by atoms with Gasteiger partial charge in [0, 0.05) is 0 Å². The number of alkyl halides is 1. The van der Waals surface area contributed by atoms with Gasteiger partial charge in [-0.2, -0.15) is 8.42 Å². The van der Waals surface area contributed by atoms with Crippen LogP contribution in [-0.4, -0.2) is 21.0 Å². The zero-order valence-corrected chi connectivity index (χ0v) is 8.35. The molecule has 0 saturated heterocycles. The van der Waals surface area contributed by atoms with Crippen molar-refractivity contribution in [3.8, 4) is 0 Å². The maximum atomic E-state index is 11.8. The van der Waals surface area contributed by atoms with Crippen molar-refractivity contribution in [3.63, 3.8) is 0 Å². The summed E-state index contributed by atoms with van der Waals surface area (Å²) in [7, 11) is -3.89. The quantitative estimate of drug-likeness (QED) is 0.665. The van der Waals surface area contributed by atoms with Crippen LogP contribution in [0, 0.1) is 5.92 Å². The third-order valence-electron chi connectivity index (χ3n) is 2.34. The molecule has 3 nitrogen and oxygen atoms in total. The standard InChI is InChI=1S/C8H15FO3S/c9-7-13(10,11)12-6-8-4-2-1-3-5-8/h8H,1-7H2. The fraction of sp³-hybridized carbons (Fsp3) is 1.00. The van der Waals surface area contributed by atoms with Crippen LogP contribution in [0.2, 0.25) is 0 Å². The van der Waals surface area contributed by atoms with E-state index < -0.39 is 16.1 Å². The highest BCUT2D eigenvalue weighted by molar-refractivity contribution is 7.86. The summed E-state index contributed by atoms with van der Waals surface area (Å²) in [5, 5.41) is 0. The third-order valence-corrected chi connectivity index (χ3v) is 3.10. The zero-order chi connectivity index (χ0) is 9.73. The highest BCUT2D eigenvalue weighted by Crippen LogP contribution is 2.24. The second kappa shape index (κ2) is 4.91. The average molecular weight is 210 g/mol. The molecule has 1 aliphatic carbocycles. The first-order valence-electron chi connectivity index (χ1n) is 4.57. The number of hydrogen-bond donors (Lipinski definition) is 0. The van der Waals surface area contributed by atoms with Crippen LogP contribution in [0.25, 0.3) is 0 Å². The van der Waals surface area contributed by atoms with Crippen LogP contribution in [0.5, 0.6) is 0 Å². The second-order valence-corrected chi connectivity index (χ2v) is 5.02. The van der Waals surface area contributed by atoms with Gasteiger partial charge in [0.15, 0.2) is 0 Å². The van der Waals surface area contributed by atoms with Crippen molar-refractivity contribution in [2.45, 2.75) is 32.1 Å². The van der Waals surface area contributed by atoms with E-state index in [1.54, 1.807) is 0 Å². The number of halogens is 1. The molecule has 78 valence electrons. The Bertz CT molecular complexity index is 232. The van der Waals surface area contributed by atoms with Crippen molar-refractivity contribution in [1.82, 2.24) is 0 Å². The second-order valence-electron chi connectivity index (χ2n) is 3.46. The molecule has 0 spiro atoms. The van der Waals surface area contributed by atoms with Crippen molar-refractivity contribution >= 4 is 10.1 Å². The van der Waals surface area contributed by atoms with Crippen LogP contribution < -0.4 is 0 Å². The van der Waals surface area contributed by atoms with Gasteiger partial charge in [-0.3, -0.25) is 4.18 Å². The summed E-state index contributed by atoms with van der Waals surface area (Å²) >= 11 is 0. The molecule has 1 saturated carbocycles. The SMILES string of the molecule is O=S(=O)(CF)OCC1CCCCC1. The predicted octanol–water partition coefficient (Wildman–Crippen LogP) is 1.84. The maximum absolute atomic E-state index is 11.8. The van der Waals surface area contributed by atoms with Gasteiger partial charge in [-0.1, -0.05) is 19.3 Å². The van der Waals surface area contributed by atoms with Gasteiger partial charge in [0.05, 0.1) is 6.61 Å². The Labute approximate surface area is 78.4 Å². The Hall–Kier alpha value is -0.160. The van der Waals surface area contributed by atoms with Gasteiger partial charge in [0.2, 0.25) is 6.01 Å². The van der Waals surface area contributed by atoms with Gasteiger partial charge < -0.3 is 0 Å². The van der Waals surface area contributed by atoms with E-state index in [2.05, 4.69) is 4.18 Å². The van der Waals surface area contributed by atoms with Crippen molar-refractivity contribution in [2.75, 3.05) is 12.6 Å². The molecule has 0 aromatic carbocycles. The summed E-state index contributed by atoms with van der Waals surface area (Å²) < 4.78 is 37.6. The lowest BCUT2D eigenvalue weighted by atomic mass is 9.90. The van der Waals surface area contributed by atoms with Crippen LogP contribution >= 0.6 is 0 Å². The number of hydrogen-bond acceptors (Lipinski definition) is 3. The summed E-state index contributed by atoms with van der Waals surface area (Å²) in [4.78, 5) is 0. The van der Waals surface area contributed by atoms with E-state index in [4.69, 9.17) is 0 Å². The Morgan fingerprint density at radius 2 is 1.85 bits per heavy atom. The summed E-state index contributed by atoms with van der Waals surface area (Å²) in [6, 6.07) is -1.42. The van der Waals surface area contributed by atoms with Gasteiger partial charge in [-0.25, -0.2) is 4.39 Å². The zero-order valence-electron chi connectivity index (χ0n) is 7.54. The number of rotatable bonds is 4. The minimum absolute atomic E-state index is 0.159. The highest BCUT2D eigenvalue weighted by Gasteiger charge is 2.17. The molecule has 0 aliphatic heterocycles. The largest absolute Gasteiger partial charge is 0.297 e. The summed E-state index contributed by atoms with van der Waals surface area (Å²) in [6.07, 6.45) is 5.48. The monoisotopic (exact) mass is 210 g/mol. The molecule has 1 rings (SSSR count). The first kappa shape index (κ1) is 10.9. The molecule has 0 atom stereocenters. The van der Waals surface area contributed by atoms with Crippen molar-refractivity contribution in [1.29, 1.82) is 0 Å². The van der Waals surface area contributed by atoms with Crippen LogP contribution in [0.15, 0.2) is 0 Å². The molecule has 0 aromatic heterocycles. The van der Waals surface area contributed by atoms with Crippen molar-refractivity contribution in [2.24, 2.45) is 5.92 Å². The van der Waals surface area contributed by atoms with Crippen LogP contribution in [0.3, 0.4) is 0 Å². The lowest BCUT2D eigenvalue weighted by molar-refractivity contribution is 0.210. The van der Waals surface area contributed by atoms with E-state index in [1.807, 2.05) is 0 Å². The molecule has 0 N–H and O–H groups in total. The van der Waals surface area contributed by atoms with Gasteiger partial charge in [-0.05, 0) is 18.8 Å². The highest BCUT2D eigenvalue weighted by atomic mass is 32.2. The lowest BCUT2D eigenvalue weighted by Gasteiger charge is -2.20. The van der Waals surface area contributed by atoms with E-state index in [0.717, 1.165) is 25.7 Å². The van der Waals surface area contributed by atoms with Crippen LogP contribution in [0.1, 0.15) is 32.1 Å². The minimum Gasteiger partial charge on any atom is -0.268 e. The molecule has 0 unspecified atom stereocenters.